The third-order valence-corrected chi connectivity index (χ3v) is 3.49. The van der Waals surface area contributed by atoms with Crippen LogP contribution in [0.25, 0.3) is 0 Å². The van der Waals surface area contributed by atoms with Crippen LogP contribution in [0.15, 0.2) is 42.5 Å². The summed E-state index contributed by atoms with van der Waals surface area (Å²) in [6.07, 6.45) is 0. The fraction of sp³-hybridized carbons (Fsp3) is 0.333. The summed E-state index contributed by atoms with van der Waals surface area (Å²) in [5.74, 6) is 0.744. The van der Waals surface area contributed by atoms with Gasteiger partial charge in [0.25, 0.3) is 0 Å². The van der Waals surface area contributed by atoms with Crippen molar-refractivity contribution in [2.75, 3.05) is 11.9 Å². The summed E-state index contributed by atoms with van der Waals surface area (Å²) in [5.41, 5.74) is 4.28. The van der Waals surface area contributed by atoms with Crippen LogP contribution in [-0.4, -0.2) is 11.7 Å². The minimum atomic E-state index is -0.0240. The van der Waals surface area contributed by atoms with Gasteiger partial charge in [0.2, 0.25) is 0 Å². The van der Waals surface area contributed by atoms with Crippen LogP contribution in [0.2, 0.25) is 0 Å². The maximum absolute atomic E-state index is 9.44. The van der Waals surface area contributed by atoms with Crippen molar-refractivity contribution < 1.29 is 9.84 Å². The minimum Gasteiger partial charge on any atom is -0.494 e. The summed E-state index contributed by atoms with van der Waals surface area (Å²) in [7, 11) is 0. The Morgan fingerprint density at radius 1 is 1.14 bits per heavy atom. The monoisotopic (exact) mass is 285 g/mol. The fourth-order valence-electron chi connectivity index (χ4n) is 2.28. The first kappa shape index (κ1) is 15.4. The molecular weight excluding hydrogens is 262 g/mol. The number of hydrogen-bond donors (Lipinski definition) is 2. The van der Waals surface area contributed by atoms with E-state index in [1.165, 1.54) is 11.1 Å². The normalized spacial score (nSPS) is 12.0. The number of rotatable bonds is 6. The Hall–Kier alpha value is -2.00. The third-order valence-electron chi connectivity index (χ3n) is 3.49. The molecule has 0 radical (unpaired) electrons. The van der Waals surface area contributed by atoms with Crippen LogP contribution in [-0.2, 0) is 6.61 Å². The Morgan fingerprint density at radius 3 is 2.48 bits per heavy atom. The number of aryl methyl sites for hydroxylation is 1. The molecule has 0 fully saturated rings. The standard InChI is InChI=1S/C18H23NO2/c1-4-21-18-10-9-17(11-16(18)12-20)19-14(3)15-7-5-13(2)6-8-15/h5-11,14,19-20H,4,12H2,1-3H3. The van der Waals surface area contributed by atoms with Crippen molar-refractivity contribution in [1.82, 2.24) is 0 Å². The minimum absolute atomic E-state index is 0.0240. The third kappa shape index (κ3) is 3.99. The molecule has 0 heterocycles. The number of aliphatic hydroxyl groups is 1. The summed E-state index contributed by atoms with van der Waals surface area (Å²) < 4.78 is 5.50. The number of hydrogen-bond acceptors (Lipinski definition) is 3. The molecule has 2 aromatic rings. The topological polar surface area (TPSA) is 41.5 Å². The van der Waals surface area contributed by atoms with Crippen molar-refractivity contribution in [3.8, 4) is 5.75 Å². The molecular formula is C18H23NO2. The molecule has 3 heteroatoms. The molecule has 112 valence electrons. The van der Waals surface area contributed by atoms with Gasteiger partial charge in [0.05, 0.1) is 13.2 Å². The first-order chi connectivity index (χ1) is 10.1. The van der Waals surface area contributed by atoms with E-state index in [1.54, 1.807) is 0 Å². The molecule has 0 aromatic heterocycles. The van der Waals surface area contributed by atoms with Crippen LogP contribution in [0.4, 0.5) is 5.69 Å². The number of nitrogens with one attached hydrogen (secondary N) is 1. The van der Waals surface area contributed by atoms with E-state index in [-0.39, 0.29) is 12.6 Å². The molecule has 21 heavy (non-hydrogen) atoms. The molecule has 2 aromatic carbocycles. The summed E-state index contributed by atoms with van der Waals surface area (Å²) in [6, 6.07) is 14.5. The second-order valence-electron chi connectivity index (χ2n) is 5.19. The Bertz CT molecular complexity index is 578. The lowest BCUT2D eigenvalue weighted by molar-refractivity contribution is 0.267. The van der Waals surface area contributed by atoms with Gasteiger partial charge in [0.15, 0.2) is 0 Å². The van der Waals surface area contributed by atoms with Crippen molar-refractivity contribution in [3.05, 3.63) is 59.2 Å². The van der Waals surface area contributed by atoms with Crippen LogP contribution in [0.5, 0.6) is 5.75 Å². The second kappa shape index (κ2) is 7.14. The van der Waals surface area contributed by atoms with Gasteiger partial charge in [0.1, 0.15) is 5.75 Å². The van der Waals surface area contributed by atoms with Crippen molar-refractivity contribution in [2.45, 2.75) is 33.4 Å². The number of anilines is 1. The van der Waals surface area contributed by atoms with E-state index in [9.17, 15) is 5.11 Å². The quantitative estimate of drug-likeness (QED) is 0.841. The maximum Gasteiger partial charge on any atom is 0.124 e. The van der Waals surface area contributed by atoms with Gasteiger partial charge in [0, 0.05) is 17.3 Å². The van der Waals surface area contributed by atoms with Crippen molar-refractivity contribution in [2.24, 2.45) is 0 Å². The van der Waals surface area contributed by atoms with Crippen molar-refractivity contribution >= 4 is 5.69 Å². The first-order valence-corrected chi connectivity index (χ1v) is 7.33. The number of benzene rings is 2. The van der Waals surface area contributed by atoms with Crippen LogP contribution in [0, 0.1) is 6.92 Å². The van der Waals surface area contributed by atoms with E-state index in [0.717, 1.165) is 17.0 Å². The Kier molecular flexibility index (Phi) is 5.23. The van der Waals surface area contributed by atoms with E-state index < -0.39 is 0 Å². The highest BCUT2D eigenvalue weighted by molar-refractivity contribution is 5.52. The molecule has 0 saturated carbocycles. The molecule has 0 spiro atoms. The van der Waals surface area contributed by atoms with Crippen LogP contribution >= 0.6 is 0 Å². The van der Waals surface area contributed by atoms with Crippen LogP contribution in [0.1, 0.15) is 36.6 Å². The molecule has 2 rings (SSSR count). The Balaban J connectivity index is 2.13. The Labute approximate surface area is 126 Å². The maximum atomic E-state index is 9.44. The zero-order valence-corrected chi connectivity index (χ0v) is 12.9. The predicted molar refractivity (Wildman–Crippen MR) is 86.8 cm³/mol. The molecule has 3 nitrogen and oxygen atoms in total. The van der Waals surface area contributed by atoms with Gasteiger partial charge in [-0.1, -0.05) is 29.8 Å². The fourth-order valence-corrected chi connectivity index (χ4v) is 2.28. The van der Waals surface area contributed by atoms with Gasteiger partial charge in [-0.05, 0) is 44.5 Å². The van der Waals surface area contributed by atoms with Gasteiger partial charge in [-0.15, -0.1) is 0 Å². The molecule has 0 saturated heterocycles. The first-order valence-electron chi connectivity index (χ1n) is 7.33. The highest BCUT2D eigenvalue weighted by Gasteiger charge is 2.08. The van der Waals surface area contributed by atoms with Crippen molar-refractivity contribution in [1.29, 1.82) is 0 Å². The lowest BCUT2D eigenvalue weighted by Crippen LogP contribution is -2.07. The van der Waals surface area contributed by atoms with E-state index in [4.69, 9.17) is 4.74 Å². The van der Waals surface area contributed by atoms with Gasteiger partial charge < -0.3 is 15.2 Å². The van der Waals surface area contributed by atoms with Gasteiger partial charge in [-0.2, -0.15) is 0 Å². The number of aliphatic hydroxyl groups excluding tert-OH is 1. The highest BCUT2D eigenvalue weighted by atomic mass is 16.5. The van der Waals surface area contributed by atoms with Gasteiger partial charge >= 0.3 is 0 Å². The average Bonchev–Trinajstić information content (AvgIpc) is 2.49. The van der Waals surface area contributed by atoms with Crippen LogP contribution < -0.4 is 10.1 Å². The molecule has 1 unspecified atom stereocenters. The van der Waals surface area contributed by atoms with Crippen molar-refractivity contribution in [3.63, 3.8) is 0 Å². The van der Waals surface area contributed by atoms with E-state index in [0.29, 0.717) is 6.61 Å². The Morgan fingerprint density at radius 2 is 1.86 bits per heavy atom. The second-order valence-corrected chi connectivity index (χ2v) is 5.19. The predicted octanol–water partition coefficient (Wildman–Crippen LogP) is 4.06. The zero-order chi connectivity index (χ0) is 15.2. The summed E-state index contributed by atoms with van der Waals surface area (Å²) in [5, 5.41) is 12.9. The lowest BCUT2D eigenvalue weighted by atomic mass is 10.1. The molecule has 2 N–H and O–H groups in total. The molecule has 0 aliphatic heterocycles. The molecule has 0 aliphatic rings. The van der Waals surface area contributed by atoms with E-state index in [2.05, 4.69) is 43.4 Å². The smallest absolute Gasteiger partial charge is 0.124 e. The van der Waals surface area contributed by atoms with E-state index in [1.807, 2.05) is 25.1 Å². The zero-order valence-electron chi connectivity index (χ0n) is 12.9. The SMILES string of the molecule is CCOc1ccc(NC(C)c2ccc(C)cc2)cc1CO. The summed E-state index contributed by atoms with van der Waals surface area (Å²) in [4.78, 5) is 0. The molecule has 0 bridgehead atoms. The van der Waals surface area contributed by atoms with E-state index >= 15 is 0 Å². The summed E-state index contributed by atoms with van der Waals surface area (Å²) >= 11 is 0. The summed E-state index contributed by atoms with van der Waals surface area (Å²) in [6.45, 7) is 6.72. The molecule has 0 amide bonds. The molecule has 0 aliphatic carbocycles. The van der Waals surface area contributed by atoms with Gasteiger partial charge in [-0.3, -0.25) is 0 Å². The highest BCUT2D eigenvalue weighted by Crippen LogP contribution is 2.26. The largest absolute Gasteiger partial charge is 0.494 e. The lowest BCUT2D eigenvalue weighted by Gasteiger charge is -2.17. The van der Waals surface area contributed by atoms with Gasteiger partial charge in [-0.25, -0.2) is 0 Å². The van der Waals surface area contributed by atoms with Crippen LogP contribution in [0.3, 0.4) is 0 Å². The number of ether oxygens (including phenoxy) is 1. The average molecular weight is 285 g/mol. The molecule has 1 atom stereocenters.